The molecule has 3 aliphatic heterocycles. The highest BCUT2D eigenvalue weighted by Crippen LogP contribution is 2.32. The van der Waals surface area contributed by atoms with Gasteiger partial charge in [-0.05, 0) is 42.4 Å². The van der Waals surface area contributed by atoms with Gasteiger partial charge in [0.2, 0.25) is 5.91 Å². The number of hydrogen-bond acceptors (Lipinski definition) is 5. The first kappa shape index (κ1) is 18.1. The van der Waals surface area contributed by atoms with Crippen LogP contribution in [0.1, 0.15) is 47.5 Å². The van der Waals surface area contributed by atoms with Crippen molar-refractivity contribution in [1.82, 2.24) is 9.80 Å². The molecule has 0 radical (unpaired) electrons. The highest BCUT2D eigenvalue weighted by molar-refractivity contribution is 8.16. The zero-order valence-electron chi connectivity index (χ0n) is 15.1. The van der Waals surface area contributed by atoms with Crippen molar-refractivity contribution in [2.24, 2.45) is 4.99 Å². The molecule has 0 bridgehead atoms. The molecule has 0 aliphatic carbocycles. The van der Waals surface area contributed by atoms with Crippen LogP contribution in [-0.2, 0) is 4.79 Å². The van der Waals surface area contributed by atoms with Gasteiger partial charge in [-0.3, -0.25) is 9.79 Å². The Morgan fingerprint density at radius 3 is 3.00 bits per heavy atom. The molecule has 1 fully saturated rings. The van der Waals surface area contributed by atoms with Crippen LogP contribution in [0.2, 0.25) is 0 Å². The second-order valence-electron chi connectivity index (χ2n) is 7.18. The van der Waals surface area contributed by atoms with Crippen molar-refractivity contribution in [1.29, 1.82) is 0 Å². The van der Waals surface area contributed by atoms with Gasteiger partial charge in [-0.1, -0.05) is 23.9 Å². The summed E-state index contributed by atoms with van der Waals surface area (Å²) in [5.41, 5.74) is 2.37. The molecule has 0 spiro atoms. The van der Waals surface area contributed by atoms with Gasteiger partial charge in [-0.25, -0.2) is 4.79 Å². The van der Waals surface area contributed by atoms with Crippen molar-refractivity contribution >= 4 is 28.8 Å². The number of rotatable bonds is 4. The average Bonchev–Trinajstić information content (AvgIpc) is 3.11. The number of fused-ring (bicyclic) bond motifs is 1. The number of likely N-dealkylation sites (tertiary alicyclic amines) is 1. The lowest BCUT2D eigenvalue weighted by atomic mass is 9.89. The summed E-state index contributed by atoms with van der Waals surface area (Å²) in [7, 11) is 0. The Labute approximate surface area is 162 Å². The number of amides is 1. The Hall–Kier alpha value is -2.28. The highest BCUT2D eigenvalue weighted by Gasteiger charge is 2.30. The second kappa shape index (κ2) is 7.76. The van der Waals surface area contributed by atoms with E-state index >= 15 is 0 Å². The molecule has 27 heavy (non-hydrogen) atoms. The van der Waals surface area contributed by atoms with Crippen LogP contribution in [0.4, 0.5) is 0 Å². The van der Waals surface area contributed by atoms with E-state index in [1.54, 1.807) is 30.0 Å². The average molecular weight is 385 g/mol. The quantitative estimate of drug-likeness (QED) is 0.862. The standard InChI is InChI=1S/C20H23N3O3S/c24-18(11-17-13-27-20-21-7-3-9-23(17)20)22-8-2-6-16(12-22)14-4-1-5-15(10-14)19(25)26/h1,4-5,10,13,16H,2-3,6-9,11-12H2,(H,25,26)/t16-/m1/s1. The van der Waals surface area contributed by atoms with Crippen LogP contribution < -0.4 is 0 Å². The number of carboxylic acid groups (broad SMARTS) is 1. The maximum Gasteiger partial charge on any atom is 0.335 e. The molecule has 142 valence electrons. The molecular weight excluding hydrogens is 362 g/mol. The van der Waals surface area contributed by atoms with Crippen molar-refractivity contribution in [3.63, 3.8) is 0 Å². The van der Waals surface area contributed by atoms with Gasteiger partial charge < -0.3 is 14.9 Å². The second-order valence-corrected chi connectivity index (χ2v) is 8.02. The van der Waals surface area contributed by atoms with Crippen LogP contribution in [0.25, 0.3) is 0 Å². The Kier molecular flexibility index (Phi) is 5.20. The van der Waals surface area contributed by atoms with Gasteiger partial charge in [0.25, 0.3) is 0 Å². The fraction of sp³-hybridized carbons (Fsp3) is 0.450. The summed E-state index contributed by atoms with van der Waals surface area (Å²) >= 11 is 1.61. The van der Waals surface area contributed by atoms with Crippen LogP contribution >= 0.6 is 11.8 Å². The Morgan fingerprint density at radius 1 is 1.26 bits per heavy atom. The Balaban J connectivity index is 1.41. The number of carbonyl (C=O) groups excluding carboxylic acids is 1. The number of benzene rings is 1. The largest absolute Gasteiger partial charge is 0.478 e. The van der Waals surface area contributed by atoms with Crippen LogP contribution in [0.15, 0.2) is 40.4 Å². The summed E-state index contributed by atoms with van der Waals surface area (Å²) in [6, 6.07) is 7.11. The van der Waals surface area contributed by atoms with Crippen LogP contribution in [0, 0.1) is 0 Å². The van der Waals surface area contributed by atoms with E-state index in [2.05, 4.69) is 15.3 Å². The van der Waals surface area contributed by atoms with Gasteiger partial charge in [0, 0.05) is 37.8 Å². The van der Waals surface area contributed by atoms with Gasteiger partial charge in [0.05, 0.1) is 12.0 Å². The minimum atomic E-state index is -0.912. The number of hydrogen-bond donors (Lipinski definition) is 1. The summed E-state index contributed by atoms with van der Waals surface area (Å²) in [5, 5.41) is 12.3. The van der Waals surface area contributed by atoms with E-state index in [9.17, 15) is 14.7 Å². The van der Waals surface area contributed by atoms with E-state index in [0.717, 1.165) is 55.3 Å². The zero-order chi connectivity index (χ0) is 18.8. The molecule has 1 aromatic carbocycles. The molecule has 1 N–H and O–H groups in total. The minimum Gasteiger partial charge on any atom is -0.478 e. The summed E-state index contributed by atoms with van der Waals surface area (Å²) in [4.78, 5) is 32.7. The fourth-order valence-electron chi connectivity index (χ4n) is 3.94. The summed E-state index contributed by atoms with van der Waals surface area (Å²) in [5.74, 6) is -0.570. The highest BCUT2D eigenvalue weighted by atomic mass is 32.2. The molecule has 0 aromatic heterocycles. The summed E-state index contributed by atoms with van der Waals surface area (Å²) < 4.78 is 0. The number of carbonyl (C=O) groups is 2. The molecular formula is C20H23N3O3S. The maximum atomic E-state index is 12.9. The smallest absolute Gasteiger partial charge is 0.335 e. The van der Waals surface area contributed by atoms with Crippen LogP contribution in [-0.4, -0.2) is 58.1 Å². The lowest BCUT2D eigenvalue weighted by Crippen LogP contribution is -2.40. The normalized spacial score (nSPS) is 22.1. The van der Waals surface area contributed by atoms with E-state index in [-0.39, 0.29) is 11.8 Å². The monoisotopic (exact) mass is 385 g/mol. The predicted octanol–water partition coefficient (Wildman–Crippen LogP) is 3.13. The summed E-state index contributed by atoms with van der Waals surface area (Å²) in [6.07, 6.45) is 3.36. The molecule has 0 saturated carbocycles. The zero-order valence-corrected chi connectivity index (χ0v) is 16.0. The fourth-order valence-corrected chi connectivity index (χ4v) is 4.90. The number of carboxylic acids is 1. The van der Waals surface area contributed by atoms with Crippen LogP contribution in [0.3, 0.4) is 0 Å². The van der Waals surface area contributed by atoms with E-state index in [0.29, 0.717) is 18.5 Å². The molecule has 3 aliphatic rings. The van der Waals surface area contributed by atoms with E-state index < -0.39 is 5.97 Å². The van der Waals surface area contributed by atoms with Gasteiger partial charge in [-0.15, -0.1) is 0 Å². The van der Waals surface area contributed by atoms with Crippen molar-refractivity contribution in [3.05, 3.63) is 46.5 Å². The lowest BCUT2D eigenvalue weighted by Gasteiger charge is -2.34. The van der Waals surface area contributed by atoms with Crippen molar-refractivity contribution in [2.45, 2.75) is 31.6 Å². The molecule has 1 saturated heterocycles. The van der Waals surface area contributed by atoms with Crippen molar-refractivity contribution in [3.8, 4) is 0 Å². The number of piperidine rings is 1. The third-order valence-corrected chi connectivity index (χ3v) is 6.33. The molecule has 1 aromatic rings. The predicted molar refractivity (Wildman–Crippen MR) is 106 cm³/mol. The van der Waals surface area contributed by atoms with Gasteiger partial charge in [0.15, 0.2) is 5.17 Å². The first-order valence-electron chi connectivity index (χ1n) is 9.40. The SMILES string of the molecule is O=C(O)c1cccc([C@@H]2CCCN(C(=O)CC3=CSC4=NCCCN34)C2)c1. The molecule has 3 heterocycles. The van der Waals surface area contributed by atoms with Gasteiger partial charge in [-0.2, -0.15) is 0 Å². The first-order chi connectivity index (χ1) is 13.1. The van der Waals surface area contributed by atoms with Crippen molar-refractivity contribution in [2.75, 3.05) is 26.2 Å². The molecule has 6 nitrogen and oxygen atoms in total. The number of nitrogens with zero attached hydrogens (tertiary/aromatic N) is 3. The number of aromatic carboxylic acids is 1. The molecule has 1 amide bonds. The van der Waals surface area contributed by atoms with E-state index in [1.165, 1.54) is 0 Å². The minimum absolute atomic E-state index is 0.146. The number of thioether (sulfide) groups is 1. The van der Waals surface area contributed by atoms with Crippen molar-refractivity contribution < 1.29 is 14.7 Å². The summed E-state index contributed by atoms with van der Waals surface area (Å²) in [6.45, 7) is 3.24. The maximum absolute atomic E-state index is 12.9. The van der Waals surface area contributed by atoms with E-state index in [1.807, 2.05) is 11.0 Å². The van der Waals surface area contributed by atoms with Gasteiger partial charge >= 0.3 is 5.97 Å². The molecule has 4 rings (SSSR count). The Bertz CT molecular complexity index is 820. The number of amidine groups is 1. The Morgan fingerprint density at radius 2 is 2.15 bits per heavy atom. The third-order valence-electron chi connectivity index (χ3n) is 5.38. The lowest BCUT2D eigenvalue weighted by molar-refractivity contribution is -0.131. The van der Waals surface area contributed by atoms with E-state index in [4.69, 9.17) is 0 Å². The van der Waals surface area contributed by atoms with Gasteiger partial charge in [0.1, 0.15) is 0 Å². The molecule has 0 unspecified atom stereocenters. The molecule has 1 atom stereocenters. The topological polar surface area (TPSA) is 73.2 Å². The molecule has 7 heteroatoms. The third kappa shape index (κ3) is 3.88. The first-order valence-corrected chi connectivity index (χ1v) is 10.3. The number of aliphatic imine (C=N–C) groups is 1. The van der Waals surface area contributed by atoms with Crippen LogP contribution in [0.5, 0.6) is 0 Å².